The van der Waals surface area contributed by atoms with Crippen molar-refractivity contribution in [1.82, 2.24) is 10.2 Å². The number of benzene rings is 1. The lowest BCUT2D eigenvalue weighted by molar-refractivity contribution is -0.126. The van der Waals surface area contributed by atoms with Gasteiger partial charge in [0, 0.05) is 31.8 Å². The van der Waals surface area contributed by atoms with Gasteiger partial charge in [-0.1, -0.05) is 12.6 Å². The molecule has 0 aromatic heterocycles. The summed E-state index contributed by atoms with van der Waals surface area (Å²) in [5, 5.41) is 2.38. The number of allylic oxidation sites excluding steroid dienone is 1. The van der Waals surface area contributed by atoms with Crippen LogP contribution in [-0.4, -0.2) is 22.7 Å². The fourth-order valence-corrected chi connectivity index (χ4v) is 2.29. The molecule has 3 rings (SSSR count). The van der Waals surface area contributed by atoms with Gasteiger partial charge in [0.2, 0.25) is 5.91 Å². The second-order valence-electron chi connectivity index (χ2n) is 4.52. The SMILES string of the molecule is [2H]C1([2H])CC(=C)NC(=O)[C@]1([2H])N1Cc2c(N)cccc2C1=O. The van der Waals surface area contributed by atoms with Crippen LogP contribution in [0.4, 0.5) is 5.69 Å². The van der Waals surface area contributed by atoms with E-state index >= 15 is 0 Å². The van der Waals surface area contributed by atoms with Crippen LogP contribution < -0.4 is 11.1 Å². The number of nitrogens with one attached hydrogen (secondary N) is 1. The van der Waals surface area contributed by atoms with Gasteiger partial charge in [-0.2, -0.15) is 0 Å². The monoisotopic (exact) mass is 260 g/mol. The fourth-order valence-electron chi connectivity index (χ4n) is 2.29. The Labute approximate surface area is 115 Å². The molecule has 5 heteroatoms. The van der Waals surface area contributed by atoms with E-state index in [1.54, 1.807) is 18.2 Å². The molecular formula is C14H15N3O2. The van der Waals surface area contributed by atoms with Crippen LogP contribution in [0.2, 0.25) is 0 Å². The Morgan fingerprint density at radius 3 is 3.00 bits per heavy atom. The van der Waals surface area contributed by atoms with Crippen molar-refractivity contribution in [1.29, 1.82) is 0 Å². The summed E-state index contributed by atoms with van der Waals surface area (Å²) >= 11 is 0. The maximum atomic E-state index is 12.5. The number of fused-ring (bicyclic) bond motifs is 1. The van der Waals surface area contributed by atoms with Gasteiger partial charge in [-0.3, -0.25) is 9.59 Å². The molecule has 1 aromatic rings. The van der Waals surface area contributed by atoms with Crippen molar-refractivity contribution in [3.05, 3.63) is 41.6 Å². The molecule has 2 amide bonds. The largest absolute Gasteiger partial charge is 0.398 e. The van der Waals surface area contributed by atoms with Crippen molar-refractivity contribution < 1.29 is 13.7 Å². The molecule has 5 nitrogen and oxygen atoms in total. The Kier molecular flexibility index (Phi) is 1.90. The molecule has 19 heavy (non-hydrogen) atoms. The van der Waals surface area contributed by atoms with Gasteiger partial charge < -0.3 is 16.0 Å². The van der Waals surface area contributed by atoms with Crippen LogP contribution >= 0.6 is 0 Å². The molecule has 1 aromatic carbocycles. The van der Waals surface area contributed by atoms with Crippen molar-refractivity contribution >= 4 is 17.5 Å². The lowest BCUT2D eigenvalue weighted by atomic mass is 10.0. The van der Waals surface area contributed by atoms with E-state index in [-0.39, 0.29) is 18.7 Å². The van der Waals surface area contributed by atoms with E-state index in [1.165, 1.54) is 0 Å². The summed E-state index contributed by atoms with van der Waals surface area (Å²) in [5.41, 5.74) is 7.25. The molecule has 3 N–H and O–H groups in total. The number of nitrogen functional groups attached to an aromatic ring is 1. The molecule has 1 saturated heterocycles. The predicted molar refractivity (Wildman–Crippen MR) is 71.0 cm³/mol. The Bertz CT molecular complexity index is 719. The van der Waals surface area contributed by atoms with Crippen LogP contribution in [0.5, 0.6) is 0 Å². The average Bonchev–Trinajstić information content (AvgIpc) is 2.75. The van der Waals surface area contributed by atoms with Crippen LogP contribution in [0, 0.1) is 0 Å². The minimum absolute atomic E-state index is 0.0657. The first-order valence-electron chi connectivity index (χ1n) is 7.37. The molecule has 2 heterocycles. The third-order valence-electron chi connectivity index (χ3n) is 3.25. The molecule has 0 saturated carbocycles. The van der Waals surface area contributed by atoms with Gasteiger partial charge in [0.15, 0.2) is 0 Å². The number of rotatable bonds is 1. The van der Waals surface area contributed by atoms with Crippen molar-refractivity contribution in [2.24, 2.45) is 0 Å². The second kappa shape index (κ2) is 4.12. The van der Waals surface area contributed by atoms with E-state index in [4.69, 9.17) is 9.85 Å². The zero-order chi connectivity index (χ0) is 16.3. The molecule has 2 aliphatic heterocycles. The van der Waals surface area contributed by atoms with Crippen LogP contribution in [0.3, 0.4) is 0 Å². The Morgan fingerprint density at radius 2 is 2.32 bits per heavy atom. The lowest BCUT2D eigenvalue weighted by Gasteiger charge is -2.30. The number of hydrogen-bond acceptors (Lipinski definition) is 3. The Hall–Kier alpha value is -2.30. The Balaban J connectivity index is 2.08. The number of hydrogen-bond donors (Lipinski definition) is 2. The highest BCUT2D eigenvalue weighted by atomic mass is 16.2. The molecule has 1 atom stereocenters. The zero-order valence-corrected chi connectivity index (χ0v) is 10.2. The second-order valence-corrected chi connectivity index (χ2v) is 4.52. The van der Waals surface area contributed by atoms with E-state index in [9.17, 15) is 9.59 Å². The lowest BCUT2D eigenvalue weighted by Crippen LogP contribution is -2.49. The highest BCUT2D eigenvalue weighted by Gasteiger charge is 2.38. The first-order valence-corrected chi connectivity index (χ1v) is 5.87. The summed E-state index contributed by atoms with van der Waals surface area (Å²) in [4.78, 5) is 25.8. The quantitative estimate of drug-likeness (QED) is 0.740. The molecular weight excluding hydrogens is 242 g/mol. The topological polar surface area (TPSA) is 75.4 Å². The molecule has 0 unspecified atom stereocenters. The first kappa shape index (κ1) is 8.74. The number of anilines is 1. The normalized spacial score (nSPS) is 31.3. The summed E-state index contributed by atoms with van der Waals surface area (Å²) in [7, 11) is 0. The molecule has 2 aliphatic rings. The standard InChI is InChI=1S/C14H15N3O2/c1-8-5-6-12(13(18)16-8)17-7-10-9(14(17)19)3-2-4-11(10)15/h2-4,12H,1,5-7,15H2,(H,16,18)/t12-/m1/s1/i6D2,12D. The number of nitrogens with zero attached hydrogens (tertiary/aromatic N) is 1. The van der Waals surface area contributed by atoms with Crippen molar-refractivity contribution in [3.63, 3.8) is 0 Å². The summed E-state index contributed by atoms with van der Waals surface area (Å²) < 4.78 is 24.6. The molecule has 0 aliphatic carbocycles. The number of piperidine rings is 1. The molecule has 1 fully saturated rings. The van der Waals surface area contributed by atoms with E-state index in [1.807, 2.05) is 0 Å². The summed E-state index contributed by atoms with van der Waals surface area (Å²) in [6, 6.07) is 2.44. The predicted octanol–water partition coefficient (Wildman–Crippen LogP) is 1.02. The van der Waals surface area contributed by atoms with Crippen LogP contribution in [0.1, 0.15) is 32.8 Å². The zero-order valence-electron chi connectivity index (χ0n) is 13.2. The first-order chi connectivity index (χ1) is 10.2. The smallest absolute Gasteiger partial charge is 0.255 e. The minimum Gasteiger partial charge on any atom is -0.398 e. The van der Waals surface area contributed by atoms with Gasteiger partial charge in [0.05, 0.1) is 1.37 Å². The maximum Gasteiger partial charge on any atom is 0.255 e. The van der Waals surface area contributed by atoms with E-state index in [0.717, 1.165) is 4.90 Å². The van der Waals surface area contributed by atoms with E-state index < -0.39 is 24.2 Å². The number of carbonyl (C=O) groups excluding carboxylic acids is 2. The van der Waals surface area contributed by atoms with Gasteiger partial charge >= 0.3 is 0 Å². The molecule has 0 spiro atoms. The van der Waals surface area contributed by atoms with Crippen LogP contribution in [-0.2, 0) is 11.3 Å². The average molecular weight is 260 g/mol. The number of nitrogens with two attached hydrogens (primary N) is 1. The van der Waals surface area contributed by atoms with Crippen molar-refractivity contribution in [3.8, 4) is 0 Å². The maximum absolute atomic E-state index is 12.5. The summed E-state index contributed by atoms with van der Waals surface area (Å²) in [6.07, 6.45) is -2.48. The minimum atomic E-state index is -2.36. The van der Waals surface area contributed by atoms with Gasteiger partial charge in [0.25, 0.3) is 5.91 Å². The van der Waals surface area contributed by atoms with E-state index in [0.29, 0.717) is 16.8 Å². The highest BCUT2D eigenvalue weighted by Crippen LogP contribution is 2.31. The summed E-state index contributed by atoms with van der Waals surface area (Å²) in [5.74, 6) is -1.46. The molecule has 0 bridgehead atoms. The van der Waals surface area contributed by atoms with Gasteiger partial charge in [0.1, 0.15) is 6.02 Å². The fraction of sp³-hybridized carbons (Fsp3) is 0.286. The van der Waals surface area contributed by atoms with Gasteiger partial charge in [-0.25, -0.2) is 0 Å². The summed E-state index contributed by atoms with van der Waals surface area (Å²) in [6.45, 7) is 3.48. The van der Waals surface area contributed by atoms with Gasteiger partial charge in [-0.15, -0.1) is 0 Å². The van der Waals surface area contributed by atoms with Crippen LogP contribution in [0.15, 0.2) is 30.5 Å². The molecule has 0 radical (unpaired) electrons. The van der Waals surface area contributed by atoms with Crippen LogP contribution in [0.25, 0.3) is 0 Å². The van der Waals surface area contributed by atoms with E-state index in [2.05, 4.69) is 11.9 Å². The number of amides is 2. The highest BCUT2D eigenvalue weighted by molar-refractivity contribution is 6.02. The van der Waals surface area contributed by atoms with Crippen molar-refractivity contribution in [2.75, 3.05) is 5.73 Å². The number of carbonyl (C=O) groups is 2. The van der Waals surface area contributed by atoms with Crippen molar-refractivity contribution in [2.45, 2.75) is 25.4 Å². The third kappa shape index (κ3) is 1.78. The van der Waals surface area contributed by atoms with Gasteiger partial charge in [-0.05, 0) is 24.9 Å². The molecule has 98 valence electrons. The Morgan fingerprint density at radius 1 is 1.53 bits per heavy atom. The third-order valence-corrected chi connectivity index (χ3v) is 3.25.